The summed E-state index contributed by atoms with van der Waals surface area (Å²) in [6, 6.07) is 0. The lowest BCUT2D eigenvalue weighted by Crippen LogP contribution is -2.30. The maximum Gasteiger partial charge on any atom is 0.472 e. The van der Waals surface area contributed by atoms with Crippen LogP contribution in [0.15, 0.2) is 0 Å². The van der Waals surface area contributed by atoms with Crippen LogP contribution in [0.2, 0.25) is 0 Å². The molecular formula is C87H170O17P2. The van der Waals surface area contributed by atoms with Crippen molar-refractivity contribution in [2.24, 2.45) is 17.8 Å². The number of aliphatic hydroxyl groups is 1. The third-order valence-electron chi connectivity index (χ3n) is 20.4. The van der Waals surface area contributed by atoms with Crippen LogP contribution in [-0.4, -0.2) is 96.7 Å². The molecule has 5 atom stereocenters. The van der Waals surface area contributed by atoms with E-state index in [1.807, 2.05) is 0 Å². The van der Waals surface area contributed by atoms with Crippen molar-refractivity contribution in [3.63, 3.8) is 0 Å². The summed E-state index contributed by atoms with van der Waals surface area (Å²) >= 11 is 0. The summed E-state index contributed by atoms with van der Waals surface area (Å²) < 4.78 is 68.9. The number of phosphoric acid groups is 2. The zero-order chi connectivity index (χ0) is 77.9. The molecule has 0 aromatic carbocycles. The van der Waals surface area contributed by atoms with Crippen molar-refractivity contribution in [3.05, 3.63) is 0 Å². The summed E-state index contributed by atoms with van der Waals surface area (Å²) in [5, 5.41) is 10.7. The first-order valence-electron chi connectivity index (χ1n) is 44.8. The van der Waals surface area contributed by atoms with Gasteiger partial charge in [0.1, 0.15) is 19.3 Å². The monoisotopic (exact) mass is 1550 g/mol. The van der Waals surface area contributed by atoms with Gasteiger partial charge in [-0.05, 0) is 43.4 Å². The van der Waals surface area contributed by atoms with E-state index in [-0.39, 0.29) is 25.7 Å². The molecule has 0 heterocycles. The van der Waals surface area contributed by atoms with Crippen LogP contribution in [0, 0.1) is 17.8 Å². The Balaban J connectivity index is 5.24. The van der Waals surface area contributed by atoms with Gasteiger partial charge in [-0.3, -0.25) is 37.3 Å². The maximum atomic E-state index is 13.2. The molecule has 106 heavy (non-hydrogen) atoms. The van der Waals surface area contributed by atoms with Gasteiger partial charge < -0.3 is 33.8 Å². The minimum absolute atomic E-state index is 0.108. The van der Waals surface area contributed by atoms with E-state index in [1.165, 1.54) is 270 Å². The molecule has 3 N–H and O–H groups in total. The normalized spacial score (nSPS) is 13.9. The second kappa shape index (κ2) is 77.0. The van der Waals surface area contributed by atoms with Gasteiger partial charge in [0.2, 0.25) is 0 Å². The first-order chi connectivity index (χ1) is 51.2. The molecule has 0 spiro atoms. The summed E-state index contributed by atoms with van der Waals surface area (Å²) in [4.78, 5) is 73.3. The van der Waals surface area contributed by atoms with E-state index in [4.69, 9.17) is 37.0 Å². The van der Waals surface area contributed by atoms with Crippen LogP contribution in [0.1, 0.15) is 459 Å². The van der Waals surface area contributed by atoms with E-state index in [0.29, 0.717) is 25.7 Å². The standard InChI is InChI=1S/C87H170O17P2/c1-8-9-10-11-12-13-30-40-47-54-61-68-84(89)97-74-82(103-87(92)71-64-57-50-43-36-29-23-21-26-33-39-46-53-60-67-80(6)7)76-101-105(93,94)99-72-81(88)73-100-106(95,96)102-77-83(75-98-85(90)69-62-55-48-41-34-27-22-20-25-32-38-45-52-59-66-79(4)5)104-86(91)70-63-56-49-42-35-28-19-17-15-14-16-18-24-31-37-44-51-58-65-78(2)3/h78-83,88H,8-77H2,1-7H3,(H,93,94)(H,95,96)/t81-,82+,83+/m0/s1. The summed E-state index contributed by atoms with van der Waals surface area (Å²) in [7, 11) is -9.93. The number of hydrogen-bond acceptors (Lipinski definition) is 15. The van der Waals surface area contributed by atoms with Crippen molar-refractivity contribution in [1.29, 1.82) is 0 Å². The van der Waals surface area contributed by atoms with Crippen molar-refractivity contribution in [2.75, 3.05) is 39.6 Å². The lowest BCUT2D eigenvalue weighted by atomic mass is 10.0. The molecule has 0 bridgehead atoms. The van der Waals surface area contributed by atoms with Gasteiger partial charge in [0, 0.05) is 25.7 Å². The average molecular weight is 1550 g/mol. The quantitative estimate of drug-likeness (QED) is 0.0222. The van der Waals surface area contributed by atoms with E-state index >= 15 is 0 Å². The van der Waals surface area contributed by atoms with Crippen molar-refractivity contribution in [3.8, 4) is 0 Å². The molecule has 2 unspecified atom stereocenters. The molecule has 0 aliphatic carbocycles. The van der Waals surface area contributed by atoms with Crippen LogP contribution >= 0.6 is 15.6 Å². The highest BCUT2D eigenvalue weighted by Crippen LogP contribution is 2.45. The molecule has 17 nitrogen and oxygen atoms in total. The van der Waals surface area contributed by atoms with E-state index in [0.717, 1.165) is 108 Å². The van der Waals surface area contributed by atoms with Crippen molar-refractivity contribution >= 4 is 39.5 Å². The minimum atomic E-state index is -4.97. The molecule has 0 aliphatic heterocycles. The highest BCUT2D eigenvalue weighted by molar-refractivity contribution is 7.47. The van der Waals surface area contributed by atoms with Gasteiger partial charge >= 0.3 is 39.5 Å². The van der Waals surface area contributed by atoms with Gasteiger partial charge in [0.15, 0.2) is 12.2 Å². The number of hydrogen-bond donors (Lipinski definition) is 3. The molecule has 630 valence electrons. The van der Waals surface area contributed by atoms with Crippen LogP contribution in [0.4, 0.5) is 0 Å². The average Bonchev–Trinajstić information content (AvgIpc) is 0.901. The fraction of sp³-hybridized carbons (Fsp3) is 0.954. The molecule has 0 saturated heterocycles. The number of aliphatic hydroxyl groups excluding tert-OH is 1. The van der Waals surface area contributed by atoms with Gasteiger partial charge in [-0.25, -0.2) is 9.13 Å². The first-order valence-corrected chi connectivity index (χ1v) is 47.8. The number of carbonyl (C=O) groups excluding carboxylic acids is 4. The molecular weight excluding hydrogens is 1380 g/mol. The van der Waals surface area contributed by atoms with Crippen LogP contribution in [0.3, 0.4) is 0 Å². The van der Waals surface area contributed by atoms with E-state index in [9.17, 15) is 43.2 Å². The van der Waals surface area contributed by atoms with Crippen molar-refractivity contribution in [1.82, 2.24) is 0 Å². The Labute approximate surface area is 651 Å². The summed E-state index contributed by atoms with van der Waals surface area (Å²) in [5.41, 5.74) is 0. The van der Waals surface area contributed by atoms with E-state index in [2.05, 4.69) is 48.5 Å². The third kappa shape index (κ3) is 80.1. The summed E-state index contributed by atoms with van der Waals surface area (Å²) in [6.07, 6.45) is 67.9. The molecule has 0 fully saturated rings. The topological polar surface area (TPSA) is 237 Å². The lowest BCUT2D eigenvalue weighted by Gasteiger charge is -2.21. The molecule has 0 aliphatic rings. The molecule has 0 aromatic rings. The number of carbonyl (C=O) groups is 4. The fourth-order valence-corrected chi connectivity index (χ4v) is 15.1. The predicted molar refractivity (Wildman–Crippen MR) is 437 cm³/mol. The van der Waals surface area contributed by atoms with E-state index in [1.54, 1.807) is 0 Å². The SMILES string of the molecule is CCCCCCCCCCCCCC(=O)OC[C@H](COP(=O)(O)OC[C@H](O)COP(=O)(O)OC[C@@H](COC(=O)CCCCCCCCCCCCCCCCC(C)C)OC(=O)CCCCCCCCCCCCCCCCCCCCC(C)C)OC(=O)CCCCCCCCCCCCCCCCC(C)C. The molecule has 0 rings (SSSR count). The predicted octanol–water partition coefficient (Wildman–Crippen LogP) is 26.5. The van der Waals surface area contributed by atoms with Gasteiger partial charge in [-0.15, -0.1) is 0 Å². The van der Waals surface area contributed by atoms with Gasteiger partial charge in [-0.2, -0.15) is 0 Å². The Morgan fingerprint density at radius 1 is 0.255 bits per heavy atom. The number of ether oxygens (including phenoxy) is 4. The number of phosphoric ester groups is 2. The smallest absolute Gasteiger partial charge is 0.462 e. The number of esters is 4. The van der Waals surface area contributed by atoms with Crippen molar-refractivity contribution in [2.45, 2.75) is 478 Å². The molecule has 0 radical (unpaired) electrons. The maximum absolute atomic E-state index is 13.2. The van der Waals surface area contributed by atoms with Crippen LogP contribution in [0.25, 0.3) is 0 Å². The summed E-state index contributed by atoms with van der Waals surface area (Å²) in [6.45, 7) is 12.1. The zero-order valence-electron chi connectivity index (χ0n) is 69.9. The van der Waals surface area contributed by atoms with Crippen LogP contribution < -0.4 is 0 Å². The molecule has 0 aromatic heterocycles. The largest absolute Gasteiger partial charge is 0.472 e. The van der Waals surface area contributed by atoms with Crippen LogP contribution in [-0.2, 0) is 65.4 Å². The minimum Gasteiger partial charge on any atom is -0.462 e. The number of unbranched alkanes of at least 4 members (excludes halogenated alkanes) is 53. The Morgan fingerprint density at radius 2 is 0.434 bits per heavy atom. The van der Waals surface area contributed by atoms with Gasteiger partial charge in [0.25, 0.3) is 0 Å². The Bertz CT molecular complexity index is 2040. The molecule has 0 amide bonds. The highest BCUT2D eigenvalue weighted by atomic mass is 31.2. The Kier molecular flexibility index (Phi) is 75.6. The van der Waals surface area contributed by atoms with Crippen molar-refractivity contribution < 1.29 is 80.2 Å². The van der Waals surface area contributed by atoms with Gasteiger partial charge in [0.05, 0.1) is 26.4 Å². The van der Waals surface area contributed by atoms with Gasteiger partial charge in [-0.1, -0.05) is 408 Å². The summed E-state index contributed by atoms with van der Waals surface area (Å²) in [5.74, 6) is 0.313. The highest BCUT2D eigenvalue weighted by Gasteiger charge is 2.30. The third-order valence-corrected chi connectivity index (χ3v) is 22.3. The molecule has 19 heteroatoms. The first kappa shape index (κ1) is 104. The van der Waals surface area contributed by atoms with E-state index < -0.39 is 97.5 Å². The lowest BCUT2D eigenvalue weighted by molar-refractivity contribution is -0.161. The van der Waals surface area contributed by atoms with Crippen LogP contribution in [0.5, 0.6) is 0 Å². The number of rotatable bonds is 85. The Morgan fingerprint density at radius 3 is 0.642 bits per heavy atom. The second-order valence-electron chi connectivity index (χ2n) is 32.7. The fourth-order valence-electron chi connectivity index (χ4n) is 13.5. The zero-order valence-corrected chi connectivity index (χ0v) is 71.7. The second-order valence-corrected chi connectivity index (χ2v) is 35.6. The molecule has 0 saturated carbocycles. The Hall–Kier alpha value is -1.94.